The minimum absolute atomic E-state index is 0.587. The van der Waals surface area contributed by atoms with Crippen molar-refractivity contribution in [2.75, 3.05) is 25.0 Å². The first kappa shape index (κ1) is 10.5. The van der Waals surface area contributed by atoms with Crippen molar-refractivity contribution in [1.82, 2.24) is 9.88 Å². The highest BCUT2D eigenvalue weighted by Crippen LogP contribution is 2.29. The number of hydrogen-bond acceptors (Lipinski definition) is 3. The number of nitrogens with zero attached hydrogens (tertiary/aromatic N) is 2. The van der Waals surface area contributed by atoms with E-state index in [2.05, 4.69) is 31.1 Å². The lowest BCUT2D eigenvalue weighted by Crippen LogP contribution is -2.53. The van der Waals surface area contributed by atoms with Crippen molar-refractivity contribution in [2.24, 2.45) is 5.92 Å². The molecule has 1 N–H and O–H groups in total. The molecule has 0 radical (unpaired) electrons. The van der Waals surface area contributed by atoms with Crippen LogP contribution in [0.3, 0.4) is 0 Å². The molecule has 1 aromatic heterocycles. The third-order valence-electron chi connectivity index (χ3n) is 3.70. The van der Waals surface area contributed by atoms with E-state index in [1.165, 1.54) is 32.5 Å². The van der Waals surface area contributed by atoms with Gasteiger partial charge in [-0.1, -0.05) is 6.07 Å². The zero-order valence-corrected chi connectivity index (χ0v) is 10.8. The summed E-state index contributed by atoms with van der Waals surface area (Å²) in [6, 6.07) is 6.62. The summed E-state index contributed by atoms with van der Waals surface area (Å²) >= 11 is 3.41. The Morgan fingerprint density at radius 3 is 2.75 bits per heavy atom. The zero-order valence-electron chi connectivity index (χ0n) is 9.19. The molecule has 86 valence electrons. The summed E-state index contributed by atoms with van der Waals surface area (Å²) in [6.45, 7) is 3.75. The lowest BCUT2D eigenvalue weighted by molar-refractivity contribution is 0.0974. The SMILES string of the molecule is Brc1cccc(NC2CN3CCC2CC3)n1. The molecule has 4 heterocycles. The van der Waals surface area contributed by atoms with Crippen molar-refractivity contribution in [3.63, 3.8) is 0 Å². The fourth-order valence-corrected chi connectivity index (χ4v) is 3.15. The lowest BCUT2D eigenvalue weighted by Gasteiger charge is -2.45. The van der Waals surface area contributed by atoms with E-state index in [0.29, 0.717) is 6.04 Å². The van der Waals surface area contributed by atoms with Crippen molar-refractivity contribution < 1.29 is 0 Å². The molecule has 0 saturated carbocycles. The average Bonchev–Trinajstić information content (AvgIpc) is 2.30. The number of nitrogens with one attached hydrogen (secondary N) is 1. The van der Waals surface area contributed by atoms with Crippen LogP contribution in [0.4, 0.5) is 5.82 Å². The molecule has 0 aromatic carbocycles. The van der Waals surface area contributed by atoms with Gasteiger partial charge >= 0.3 is 0 Å². The summed E-state index contributed by atoms with van der Waals surface area (Å²) in [7, 11) is 0. The molecule has 3 fully saturated rings. The van der Waals surface area contributed by atoms with Gasteiger partial charge < -0.3 is 10.2 Å². The number of halogens is 1. The molecule has 0 spiro atoms. The maximum Gasteiger partial charge on any atom is 0.127 e. The van der Waals surface area contributed by atoms with E-state index in [0.717, 1.165) is 16.3 Å². The number of pyridine rings is 1. The fraction of sp³-hybridized carbons (Fsp3) is 0.583. The van der Waals surface area contributed by atoms with E-state index in [9.17, 15) is 0 Å². The second-order valence-electron chi connectivity index (χ2n) is 4.73. The van der Waals surface area contributed by atoms with Crippen LogP contribution in [0, 0.1) is 5.92 Å². The maximum absolute atomic E-state index is 4.44. The maximum atomic E-state index is 4.44. The van der Waals surface area contributed by atoms with E-state index in [4.69, 9.17) is 0 Å². The molecule has 3 aliphatic rings. The van der Waals surface area contributed by atoms with Gasteiger partial charge in [0.2, 0.25) is 0 Å². The van der Waals surface area contributed by atoms with Crippen LogP contribution < -0.4 is 5.32 Å². The molecule has 3 saturated heterocycles. The van der Waals surface area contributed by atoms with Gasteiger partial charge in [0.1, 0.15) is 10.4 Å². The third kappa shape index (κ3) is 2.09. The molecule has 3 nitrogen and oxygen atoms in total. The Balaban J connectivity index is 1.71. The van der Waals surface area contributed by atoms with Gasteiger partial charge in [0.05, 0.1) is 0 Å². The van der Waals surface area contributed by atoms with Crippen molar-refractivity contribution in [1.29, 1.82) is 0 Å². The number of fused-ring (bicyclic) bond motifs is 3. The van der Waals surface area contributed by atoms with Gasteiger partial charge in [-0.2, -0.15) is 0 Å². The standard InChI is InChI=1S/C12H16BrN3/c13-11-2-1-3-12(15-11)14-10-8-16-6-4-9(10)5-7-16/h1-3,9-10H,4-8H2,(H,14,15). The van der Waals surface area contributed by atoms with Gasteiger partial charge in [0.15, 0.2) is 0 Å². The second kappa shape index (κ2) is 4.34. The minimum atomic E-state index is 0.587. The van der Waals surface area contributed by atoms with Crippen LogP contribution in [0.15, 0.2) is 22.8 Å². The molecule has 16 heavy (non-hydrogen) atoms. The molecule has 1 atom stereocenters. The predicted octanol–water partition coefficient (Wildman–Crippen LogP) is 2.35. The lowest BCUT2D eigenvalue weighted by atomic mass is 9.84. The minimum Gasteiger partial charge on any atom is -0.366 e. The van der Waals surface area contributed by atoms with Crippen molar-refractivity contribution in [2.45, 2.75) is 18.9 Å². The average molecular weight is 282 g/mol. The molecule has 4 heteroatoms. The van der Waals surface area contributed by atoms with Crippen LogP contribution in [-0.2, 0) is 0 Å². The van der Waals surface area contributed by atoms with Crippen LogP contribution in [0.1, 0.15) is 12.8 Å². The number of piperidine rings is 3. The summed E-state index contributed by atoms with van der Waals surface area (Å²) in [4.78, 5) is 6.99. The van der Waals surface area contributed by atoms with Crippen LogP contribution in [0.25, 0.3) is 0 Å². The molecule has 1 unspecified atom stereocenters. The summed E-state index contributed by atoms with van der Waals surface area (Å²) in [5.41, 5.74) is 0. The largest absolute Gasteiger partial charge is 0.366 e. The Labute approximate surface area is 104 Å². The first-order chi connectivity index (χ1) is 7.81. The van der Waals surface area contributed by atoms with Crippen LogP contribution in [-0.4, -0.2) is 35.6 Å². The van der Waals surface area contributed by atoms with E-state index < -0.39 is 0 Å². The quantitative estimate of drug-likeness (QED) is 0.844. The van der Waals surface area contributed by atoms with E-state index in [-0.39, 0.29) is 0 Å². The summed E-state index contributed by atoms with van der Waals surface area (Å²) in [6.07, 6.45) is 2.68. The smallest absolute Gasteiger partial charge is 0.127 e. The molecule has 4 rings (SSSR count). The highest BCUT2D eigenvalue weighted by molar-refractivity contribution is 9.10. The van der Waals surface area contributed by atoms with Gasteiger partial charge in [-0.3, -0.25) is 0 Å². The number of aromatic nitrogens is 1. The normalized spacial score (nSPS) is 32.7. The van der Waals surface area contributed by atoms with E-state index in [1.54, 1.807) is 0 Å². The molecule has 1 aromatic rings. The third-order valence-corrected chi connectivity index (χ3v) is 4.15. The van der Waals surface area contributed by atoms with Crippen molar-refractivity contribution in [3.8, 4) is 0 Å². The highest BCUT2D eigenvalue weighted by atomic mass is 79.9. The molecule has 0 amide bonds. The van der Waals surface area contributed by atoms with Crippen LogP contribution in [0.5, 0.6) is 0 Å². The fourth-order valence-electron chi connectivity index (χ4n) is 2.81. The van der Waals surface area contributed by atoms with Gasteiger partial charge in [-0.15, -0.1) is 0 Å². The van der Waals surface area contributed by atoms with E-state index >= 15 is 0 Å². The Hall–Kier alpha value is -0.610. The molecule has 3 aliphatic heterocycles. The molecular formula is C12H16BrN3. The topological polar surface area (TPSA) is 28.2 Å². The molecule has 2 bridgehead atoms. The molecule has 0 aliphatic carbocycles. The number of rotatable bonds is 2. The van der Waals surface area contributed by atoms with Gasteiger partial charge in [0, 0.05) is 12.6 Å². The number of anilines is 1. The van der Waals surface area contributed by atoms with Gasteiger partial charge in [-0.25, -0.2) is 4.98 Å². The Morgan fingerprint density at radius 1 is 1.31 bits per heavy atom. The van der Waals surface area contributed by atoms with Crippen molar-refractivity contribution >= 4 is 21.7 Å². The number of hydrogen-bond donors (Lipinski definition) is 1. The van der Waals surface area contributed by atoms with Crippen molar-refractivity contribution in [3.05, 3.63) is 22.8 Å². The Bertz CT molecular complexity index is 374. The second-order valence-corrected chi connectivity index (χ2v) is 5.55. The first-order valence-corrected chi connectivity index (χ1v) is 6.72. The predicted molar refractivity (Wildman–Crippen MR) is 68.5 cm³/mol. The summed E-state index contributed by atoms with van der Waals surface area (Å²) in [5, 5.41) is 3.57. The van der Waals surface area contributed by atoms with Crippen LogP contribution >= 0.6 is 15.9 Å². The highest BCUT2D eigenvalue weighted by Gasteiger charge is 2.33. The van der Waals surface area contributed by atoms with Gasteiger partial charge in [-0.05, 0) is 59.9 Å². The van der Waals surface area contributed by atoms with E-state index in [1.807, 2.05) is 18.2 Å². The Morgan fingerprint density at radius 2 is 2.12 bits per heavy atom. The van der Waals surface area contributed by atoms with Gasteiger partial charge in [0.25, 0.3) is 0 Å². The summed E-state index contributed by atoms with van der Waals surface area (Å²) < 4.78 is 0.902. The Kier molecular flexibility index (Phi) is 2.86. The molecular weight excluding hydrogens is 266 g/mol. The summed E-state index contributed by atoms with van der Waals surface area (Å²) in [5.74, 6) is 1.83. The van der Waals surface area contributed by atoms with Crippen LogP contribution in [0.2, 0.25) is 0 Å². The zero-order chi connectivity index (χ0) is 11.0. The monoisotopic (exact) mass is 281 g/mol. The first-order valence-electron chi connectivity index (χ1n) is 5.93.